The first-order valence-electron chi connectivity index (χ1n) is 6.64. The van der Waals surface area contributed by atoms with Crippen molar-refractivity contribution in [2.45, 2.75) is 45.3 Å². The van der Waals surface area contributed by atoms with Crippen LogP contribution in [-0.2, 0) is 4.74 Å². The first-order chi connectivity index (χ1) is 8.87. The maximum Gasteiger partial charge on any atom is 0.410 e. The number of amides is 1. The standard InChI is InChI=1S/C13H22N4O2/c1-13(2,3)19-12(18)16-8-4-5-10(9-16)17-11(14)6-7-15-17/h6-7,10H,4-5,8-9,14H2,1-3H3. The molecule has 1 aliphatic rings. The van der Waals surface area contributed by atoms with Crippen molar-refractivity contribution in [1.29, 1.82) is 0 Å². The van der Waals surface area contributed by atoms with E-state index >= 15 is 0 Å². The molecule has 1 aromatic heterocycles. The van der Waals surface area contributed by atoms with Crippen molar-refractivity contribution < 1.29 is 9.53 Å². The summed E-state index contributed by atoms with van der Waals surface area (Å²) in [6, 6.07) is 1.91. The normalized spacial score (nSPS) is 20.4. The number of carbonyl (C=O) groups is 1. The Balaban J connectivity index is 2.01. The Morgan fingerprint density at radius 2 is 2.26 bits per heavy atom. The number of nitrogens with two attached hydrogens (primary N) is 1. The van der Waals surface area contributed by atoms with Gasteiger partial charge in [-0.05, 0) is 39.7 Å². The van der Waals surface area contributed by atoms with E-state index in [9.17, 15) is 4.79 Å². The van der Waals surface area contributed by atoms with E-state index in [0.29, 0.717) is 12.4 Å². The van der Waals surface area contributed by atoms with Gasteiger partial charge < -0.3 is 15.4 Å². The maximum atomic E-state index is 12.1. The first kappa shape index (κ1) is 13.7. The molecular weight excluding hydrogens is 244 g/mol. The number of hydrogen-bond donors (Lipinski definition) is 1. The van der Waals surface area contributed by atoms with Crippen LogP contribution in [-0.4, -0.2) is 39.5 Å². The van der Waals surface area contributed by atoms with Gasteiger partial charge in [0.25, 0.3) is 0 Å². The molecule has 106 valence electrons. The Morgan fingerprint density at radius 3 is 2.84 bits per heavy atom. The highest BCUT2D eigenvalue weighted by molar-refractivity contribution is 5.68. The van der Waals surface area contributed by atoms with Gasteiger partial charge in [0, 0.05) is 13.1 Å². The third-order valence-corrected chi connectivity index (χ3v) is 3.09. The Bertz CT molecular complexity index is 450. The molecule has 19 heavy (non-hydrogen) atoms. The Morgan fingerprint density at radius 1 is 1.53 bits per heavy atom. The summed E-state index contributed by atoms with van der Waals surface area (Å²) in [7, 11) is 0. The van der Waals surface area contributed by atoms with E-state index in [4.69, 9.17) is 10.5 Å². The van der Waals surface area contributed by atoms with Crippen molar-refractivity contribution in [2.24, 2.45) is 0 Å². The minimum absolute atomic E-state index is 0.135. The Hall–Kier alpha value is -1.72. The molecular formula is C13H22N4O2. The highest BCUT2D eigenvalue weighted by Crippen LogP contribution is 2.24. The van der Waals surface area contributed by atoms with Crippen molar-refractivity contribution >= 4 is 11.9 Å². The molecule has 1 fully saturated rings. The highest BCUT2D eigenvalue weighted by atomic mass is 16.6. The molecule has 0 radical (unpaired) electrons. The molecule has 2 rings (SSSR count). The van der Waals surface area contributed by atoms with E-state index in [-0.39, 0.29) is 12.1 Å². The highest BCUT2D eigenvalue weighted by Gasteiger charge is 2.29. The molecule has 2 heterocycles. The first-order valence-corrected chi connectivity index (χ1v) is 6.64. The van der Waals surface area contributed by atoms with Gasteiger partial charge in [-0.15, -0.1) is 0 Å². The van der Waals surface area contributed by atoms with Crippen molar-refractivity contribution in [3.8, 4) is 0 Å². The minimum atomic E-state index is -0.464. The van der Waals surface area contributed by atoms with Gasteiger partial charge in [0.15, 0.2) is 0 Å². The van der Waals surface area contributed by atoms with E-state index in [1.807, 2.05) is 20.8 Å². The summed E-state index contributed by atoms with van der Waals surface area (Å²) in [6.07, 6.45) is 3.33. The molecule has 1 saturated heterocycles. The van der Waals surface area contributed by atoms with E-state index in [1.165, 1.54) is 0 Å². The topological polar surface area (TPSA) is 73.4 Å². The zero-order chi connectivity index (χ0) is 14.0. The van der Waals surface area contributed by atoms with Gasteiger partial charge in [-0.2, -0.15) is 5.10 Å². The molecule has 2 N–H and O–H groups in total. The molecule has 6 heteroatoms. The van der Waals surface area contributed by atoms with Crippen molar-refractivity contribution in [1.82, 2.24) is 14.7 Å². The molecule has 0 spiro atoms. The van der Waals surface area contributed by atoms with Crippen LogP contribution in [0.25, 0.3) is 0 Å². The summed E-state index contributed by atoms with van der Waals surface area (Å²) in [4.78, 5) is 13.8. The van der Waals surface area contributed by atoms with Crippen molar-refractivity contribution in [2.75, 3.05) is 18.8 Å². The summed E-state index contributed by atoms with van der Waals surface area (Å²) < 4.78 is 7.19. The van der Waals surface area contributed by atoms with Crippen LogP contribution < -0.4 is 5.73 Å². The summed E-state index contributed by atoms with van der Waals surface area (Å²) in [5, 5.41) is 4.22. The zero-order valence-electron chi connectivity index (χ0n) is 11.8. The second kappa shape index (κ2) is 5.11. The van der Waals surface area contributed by atoms with Crippen LogP contribution in [0.3, 0.4) is 0 Å². The lowest BCUT2D eigenvalue weighted by Crippen LogP contribution is -2.43. The third kappa shape index (κ3) is 3.39. The van der Waals surface area contributed by atoms with Crippen molar-refractivity contribution in [3.63, 3.8) is 0 Å². The number of hydrogen-bond acceptors (Lipinski definition) is 4. The Kier molecular flexibility index (Phi) is 3.68. The molecule has 1 atom stereocenters. The van der Waals surface area contributed by atoms with Crippen LogP contribution in [0.5, 0.6) is 0 Å². The molecule has 1 unspecified atom stereocenters. The average molecular weight is 266 g/mol. The molecule has 1 amide bonds. The van der Waals surface area contributed by atoms with Gasteiger partial charge in [-0.25, -0.2) is 9.48 Å². The SMILES string of the molecule is CC(C)(C)OC(=O)N1CCCC(n2nccc2N)C1. The number of rotatable bonds is 1. The van der Waals surface area contributed by atoms with Gasteiger partial charge in [0.1, 0.15) is 11.4 Å². The molecule has 6 nitrogen and oxygen atoms in total. The van der Waals surface area contributed by atoms with Gasteiger partial charge in [-0.3, -0.25) is 0 Å². The fourth-order valence-electron chi connectivity index (χ4n) is 2.28. The smallest absolute Gasteiger partial charge is 0.410 e. The number of likely N-dealkylation sites (tertiary alicyclic amines) is 1. The summed E-state index contributed by atoms with van der Waals surface area (Å²) in [5.74, 6) is 0.635. The molecule has 0 aliphatic carbocycles. The van der Waals surface area contributed by atoms with Crippen LogP contribution in [0, 0.1) is 0 Å². The predicted octanol–water partition coefficient (Wildman–Crippen LogP) is 2.04. The Labute approximate surface area is 113 Å². The van der Waals surface area contributed by atoms with Crippen LogP contribution in [0.2, 0.25) is 0 Å². The average Bonchev–Trinajstić information content (AvgIpc) is 2.73. The number of nitrogen functional groups attached to an aromatic ring is 1. The fourth-order valence-corrected chi connectivity index (χ4v) is 2.28. The number of anilines is 1. The molecule has 1 aromatic rings. The summed E-state index contributed by atoms with van der Waals surface area (Å²) >= 11 is 0. The lowest BCUT2D eigenvalue weighted by Gasteiger charge is -2.34. The van der Waals surface area contributed by atoms with Crippen LogP contribution in [0.15, 0.2) is 12.3 Å². The van der Waals surface area contributed by atoms with Gasteiger partial charge in [0.2, 0.25) is 0 Å². The quantitative estimate of drug-likeness (QED) is 0.844. The number of ether oxygens (including phenoxy) is 1. The molecule has 0 saturated carbocycles. The molecule has 0 bridgehead atoms. The lowest BCUT2D eigenvalue weighted by atomic mass is 10.1. The number of carbonyl (C=O) groups excluding carboxylic acids is 1. The monoisotopic (exact) mass is 266 g/mol. The third-order valence-electron chi connectivity index (χ3n) is 3.09. The fraction of sp³-hybridized carbons (Fsp3) is 0.692. The van der Waals surface area contributed by atoms with E-state index in [2.05, 4.69) is 5.10 Å². The minimum Gasteiger partial charge on any atom is -0.444 e. The van der Waals surface area contributed by atoms with E-state index < -0.39 is 5.60 Å². The molecule has 1 aliphatic heterocycles. The predicted molar refractivity (Wildman–Crippen MR) is 72.7 cm³/mol. The van der Waals surface area contributed by atoms with Crippen LogP contribution in [0.4, 0.5) is 10.6 Å². The van der Waals surface area contributed by atoms with E-state index in [1.54, 1.807) is 21.8 Å². The lowest BCUT2D eigenvalue weighted by molar-refractivity contribution is 0.0168. The summed E-state index contributed by atoms with van der Waals surface area (Å²) in [6.45, 7) is 6.95. The van der Waals surface area contributed by atoms with Crippen LogP contribution >= 0.6 is 0 Å². The second-order valence-electron chi connectivity index (χ2n) is 5.92. The van der Waals surface area contributed by atoms with E-state index in [0.717, 1.165) is 19.4 Å². The van der Waals surface area contributed by atoms with Gasteiger partial charge in [-0.1, -0.05) is 0 Å². The number of nitrogens with zero attached hydrogens (tertiary/aromatic N) is 3. The number of aromatic nitrogens is 2. The number of piperidine rings is 1. The van der Waals surface area contributed by atoms with Gasteiger partial charge >= 0.3 is 6.09 Å². The largest absolute Gasteiger partial charge is 0.444 e. The zero-order valence-corrected chi connectivity index (χ0v) is 11.8. The maximum absolute atomic E-state index is 12.1. The molecule has 0 aromatic carbocycles. The van der Waals surface area contributed by atoms with Crippen molar-refractivity contribution in [3.05, 3.63) is 12.3 Å². The summed E-state index contributed by atoms with van der Waals surface area (Å²) in [5.41, 5.74) is 5.40. The van der Waals surface area contributed by atoms with Crippen LogP contribution in [0.1, 0.15) is 39.7 Å². The van der Waals surface area contributed by atoms with Gasteiger partial charge in [0.05, 0.1) is 12.2 Å². The second-order valence-corrected chi connectivity index (χ2v) is 5.92.